The van der Waals surface area contributed by atoms with E-state index in [1.807, 2.05) is 19.1 Å². The first-order valence-corrected chi connectivity index (χ1v) is 7.68. The normalized spacial score (nSPS) is 13.7. The van der Waals surface area contributed by atoms with E-state index in [1.165, 1.54) is 17.2 Å². The molecule has 122 valence electrons. The van der Waals surface area contributed by atoms with Gasteiger partial charge in [0.2, 0.25) is 0 Å². The van der Waals surface area contributed by atoms with Gasteiger partial charge in [0.25, 0.3) is 11.8 Å². The predicted octanol–water partition coefficient (Wildman–Crippen LogP) is 3.57. The van der Waals surface area contributed by atoms with Gasteiger partial charge in [-0.25, -0.2) is 4.90 Å². The standard InChI is InChI=1S/C18H15ClN2O3/c1-11-9-12(7-8-24-20-2)3-6-16(11)21-17(22)14-5-4-13(19)10-15(14)18(21)23/h3-10,20H,1-2H3/b8-7+. The van der Waals surface area contributed by atoms with E-state index in [-0.39, 0.29) is 11.8 Å². The van der Waals surface area contributed by atoms with E-state index < -0.39 is 0 Å². The highest BCUT2D eigenvalue weighted by atomic mass is 35.5. The van der Waals surface area contributed by atoms with Crippen molar-refractivity contribution in [3.8, 4) is 0 Å². The van der Waals surface area contributed by atoms with Crippen molar-refractivity contribution in [2.24, 2.45) is 0 Å². The number of fused-ring (bicyclic) bond motifs is 1. The molecule has 0 spiro atoms. The number of halogens is 1. The number of imide groups is 1. The second-order valence-corrected chi connectivity index (χ2v) is 5.74. The Bertz CT molecular complexity index is 861. The number of hydrogen-bond acceptors (Lipinski definition) is 4. The third-order valence-corrected chi connectivity index (χ3v) is 3.99. The average Bonchev–Trinajstić information content (AvgIpc) is 2.79. The second kappa shape index (κ2) is 6.47. The highest BCUT2D eigenvalue weighted by Crippen LogP contribution is 2.32. The summed E-state index contributed by atoms with van der Waals surface area (Å²) in [6.45, 7) is 1.85. The Labute approximate surface area is 144 Å². The fraction of sp³-hybridized carbons (Fsp3) is 0.111. The number of benzene rings is 2. The van der Waals surface area contributed by atoms with E-state index >= 15 is 0 Å². The van der Waals surface area contributed by atoms with E-state index in [1.54, 1.807) is 31.3 Å². The molecule has 0 fully saturated rings. The SMILES string of the molecule is CNO/C=C/c1ccc(N2C(=O)c3ccc(Cl)cc3C2=O)c(C)c1. The van der Waals surface area contributed by atoms with Crippen molar-refractivity contribution in [1.82, 2.24) is 5.48 Å². The predicted molar refractivity (Wildman–Crippen MR) is 92.9 cm³/mol. The van der Waals surface area contributed by atoms with Crippen LogP contribution in [0.3, 0.4) is 0 Å². The van der Waals surface area contributed by atoms with Gasteiger partial charge in [-0.1, -0.05) is 17.7 Å². The van der Waals surface area contributed by atoms with Crippen LogP contribution in [0.25, 0.3) is 6.08 Å². The molecular formula is C18H15ClN2O3. The van der Waals surface area contributed by atoms with Crippen LogP contribution in [0.2, 0.25) is 5.02 Å². The highest BCUT2D eigenvalue weighted by molar-refractivity contribution is 6.36. The number of nitrogens with one attached hydrogen (secondary N) is 1. The Kier molecular flexibility index (Phi) is 4.38. The maximum absolute atomic E-state index is 12.6. The molecule has 24 heavy (non-hydrogen) atoms. The molecule has 0 atom stereocenters. The summed E-state index contributed by atoms with van der Waals surface area (Å²) >= 11 is 5.94. The summed E-state index contributed by atoms with van der Waals surface area (Å²) in [6.07, 6.45) is 3.29. The van der Waals surface area contributed by atoms with E-state index in [4.69, 9.17) is 16.4 Å². The molecule has 0 radical (unpaired) electrons. The van der Waals surface area contributed by atoms with Crippen molar-refractivity contribution in [2.75, 3.05) is 11.9 Å². The van der Waals surface area contributed by atoms with Gasteiger partial charge >= 0.3 is 0 Å². The van der Waals surface area contributed by atoms with E-state index in [0.717, 1.165) is 11.1 Å². The molecule has 1 N–H and O–H groups in total. The number of aryl methyl sites for hydroxylation is 1. The number of anilines is 1. The molecule has 0 bridgehead atoms. The first kappa shape index (κ1) is 16.2. The molecule has 3 rings (SSSR count). The lowest BCUT2D eigenvalue weighted by Gasteiger charge is -2.17. The fourth-order valence-electron chi connectivity index (χ4n) is 2.65. The number of nitrogens with zero attached hydrogens (tertiary/aromatic N) is 1. The maximum Gasteiger partial charge on any atom is 0.266 e. The first-order valence-electron chi connectivity index (χ1n) is 7.31. The Hall–Kier alpha value is -2.63. The first-order chi connectivity index (χ1) is 11.5. The number of rotatable bonds is 4. The quantitative estimate of drug-likeness (QED) is 0.524. The molecule has 0 saturated heterocycles. The van der Waals surface area contributed by atoms with Crippen LogP contribution in [0.4, 0.5) is 5.69 Å². The van der Waals surface area contributed by atoms with Crippen molar-refractivity contribution < 1.29 is 14.4 Å². The van der Waals surface area contributed by atoms with Gasteiger partial charge in [-0.15, -0.1) is 0 Å². The van der Waals surface area contributed by atoms with Gasteiger partial charge in [0.05, 0.1) is 16.8 Å². The number of amides is 2. The number of hydrogen-bond donors (Lipinski definition) is 1. The van der Waals surface area contributed by atoms with Crippen molar-refractivity contribution in [3.63, 3.8) is 0 Å². The van der Waals surface area contributed by atoms with E-state index in [9.17, 15) is 9.59 Å². The van der Waals surface area contributed by atoms with Crippen LogP contribution in [0.1, 0.15) is 31.8 Å². The number of hydroxylamine groups is 1. The molecule has 1 aliphatic heterocycles. The summed E-state index contributed by atoms with van der Waals surface area (Å²) in [4.78, 5) is 31.3. The molecular weight excluding hydrogens is 328 g/mol. The minimum atomic E-state index is -0.359. The smallest absolute Gasteiger partial charge is 0.266 e. The van der Waals surface area contributed by atoms with Gasteiger partial charge < -0.3 is 4.84 Å². The number of carbonyl (C=O) groups is 2. The molecule has 0 aromatic heterocycles. The van der Waals surface area contributed by atoms with E-state index in [2.05, 4.69) is 5.48 Å². The van der Waals surface area contributed by atoms with Crippen LogP contribution in [-0.4, -0.2) is 18.9 Å². The van der Waals surface area contributed by atoms with E-state index in [0.29, 0.717) is 21.8 Å². The summed E-state index contributed by atoms with van der Waals surface area (Å²) in [5.41, 5.74) is 5.50. The Balaban J connectivity index is 1.96. The largest absolute Gasteiger partial charge is 0.417 e. The van der Waals surface area contributed by atoms with Crippen LogP contribution in [0, 0.1) is 6.92 Å². The van der Waals surface area contributed by atoms with Crippen LogP contribution in [-0.2, 0) is 4.84 Å². The summed E-state index contributed by atoms with van der Waals surface area (Å²) in [5, 5.41) is 0.429. The van der Waals surface area contributed by atoms with Crippen molar-refractivity contribution in [1.29, 1.82) is 0 Å². The second-order valence-electron chi connectivity index (χ2n) is 5.31. The van der Waals surface area contributed by atoms with Crippen LogP contribution >= 0.6 is 11.6 Å². The average molecular weight is 343 g/mol. The van der Waals surface area contributed by atoms with Gasteiger partial charge in [0.1, 0.15) is 6.26 Å². The summed E-state index contributed by atoms with van der Waals surface area (Å²) in [7, 11) is 1.66. The maximum atomic E-state index is 12.6. The Morgan fingerprint density at radius 1 is 1.08 bits per heavy atom. The molecule has 6 heteroatoms. The van der Waals surface area contributed by atoms with Gasteiger partial charge in [0.15, 0.2) is 0 Å². The third-order valence-electron chi connectivity index (χ3n) is 3.76. The summed E-state index contributed by atoms with van der Waals surface area (Å²) < 4.78 is 0. The third kappa shape index (κ3) is 2.79. The van der Waals surface area contributed by atoms with Gasteiger partial charge in [-0.3, -0.25) is 9.59 Å². The van der Waals surface area contributed by atoms with Crippen LogP contribution in [0.15, 0.2) is 42.7 Å². The van der Waals surface area contributed by atoms with Crippen molar-refractivity contribution >= 4 is 35.2 Å². The van der Waals surface area contributed by atoms with Crippen molar-refractivity contribution in [3.05, 3.63) is 69.9 Å². The lowest BCUT2D eigenvalue weighted by atomic mass is 10.1. The zero-order chi connectivity index (χ0) is 17.3. The molecule has 0 aliphatic carbocycles. The van der Waals surface area contributed by atoms with Crippen LogP contribution < -0.4 is 10.4 Å². The molecule has 2 aromatic rings. The zero-order valence-corrected chi connectivity index (χ0v) is 13.9. The zero-order valence-electron chi connectivity index (χ0n) is 13.2. The van der Waals surface area contributed by atoms with Gasteiger partial charge in [-0.05, 0) is 54.5 Å². The molecule has 2 amide bonds. The Morgan fingerprint density at radius 3 is 2.54 bits per heavy atom. The molecule has 0 saturated carbocycles. The minimum absolute atomic E-state index is 0.332. The summed E-state index contributed by atoms with van der Waals surface area (Å²) in [5.74, 6) is -0.695. The topological polar surface area (TPSA) is 58.6 Å². The lowest BCUT2D eigenvalue weighted by Crippen LogP contribution is -2.30. The number of carbonyl (C=O) groups excluding carboxylic acids is 2. The molecule has 1 heterocycles. The lowest BCUT2D eigenvalue weighted by molar-refractivity contribution is 0.0926. The van der Waals surface area contributed by atoms with Crippen molar-refractivity contribution in [2.45, 2.75) is 6.92 Å². The Morgan fingerprint density at radius 2 is 1.83 bits per heavy atom. The summed E-state index contributed by atoms with van der Waals surface area (Å²) in [6, 6.07) is 10.2. The van der Waals surface area contributed by atoms with Gasteiger partial charge in [-0.2, -0.15) is 5.48 Å². The fourth-order valence-corrected chi connectivity index (χ4v) is 2.82. The minimum Gasteiger partial charge on any atom is -0.417 e. The van der Waals surface area contributed by atoms with Crippen LogP contribution in [0.5, 0.6) is 0 Å². The highest BCUT2D eigenvalue weighted by Gasteiger charge is 2.37. The molecule has 5 nitrogen and oxygen atoms in total. The monoisotopic (exact) mass is 342 g/mol. The molecule has 0 unspecified atom stereocenters. The molecule has 2 aromatic carbocycles. The molecule has 1 aliphatic rings. The van der Waals surface area contributed by atoms with Gasteiger partial charge in [0, 0.05) is 12.1 Å².